The second kappa shape index (κ2) is 4.38. The number of oxazole rings is 1. The Morgan fingerprint density at radius 1 is 0.900 bits per heavy atom. The van der Waals surface area contributed by atoms with E-state index in [0.717, 1.165) is 0 Å². The van der Waals surface area contributed by atoms with Crippen LogP contribution in [-0.2, 0) is 0 Å². The van der Waals surface area contributed by atoms with E-state index in [4.69, 9.17) is 0 Å². The van der Waals surface area contributed by atoms with E-state index in [2.05, 4.69) is 13.8 Å². The van der Waals surface area contributed by atoms with Gasteiger partial charge in [0, 0.05) is 0 Å². The fourth-order valence-electron chi connectivity index (χ4n) is 0.402. The van der Waals surface area contributed by atoms with E-state index >= 15 is 0 Å². The number of hydrogen-bond acceptors (Lipinski definition) is 3. The molecule has 0 aliphatic heterocycles. The predicted molar refractivity (Wildman–Crippen MR) is 35.2 cm³/mol. The van der Waals surface area contributed by atoms with Gasteiger partial charge in [0.25, 0.3) is 0 Å². The largest absolute Gasteiger partial charge is 0.473 e. The standard InChI is InChI=1S/C4H4O.C3H3NO/c1-2-4-5-3-1;1-2-5-3-4-1/h1-4H;1-3H. The molecule has 3 heteroatoms. The number of furan rings is 1. The van der Waals surface area contributed by atoms with Gasteiger partial charge in [-0.25, -0.2) is 4.98 Å². The number of aromatic nitrogens is 1. The molecule has 2 rings (SSSR count). The minimum absolute atomic E-state index is 1.38. The van der Waals surface area contributed by atoms with Gasteiger partial charge in [-0.1, -0.05) is 0 Å². The second-order valence-corrected chi connectivity index (χ2v) is 1.47. The van der Waals surface area contributed by atoms with Gasteiger partial charge in [-0.15, -0.1) is 0 Å². The van der Waals surface area contributed by atoms with Crippen LogP contribution in [0.2, 0.25) is 0 Å². The van der Waals surface area contributed by atoms with E-state index in [1.807, 2.05) is 12.1 Å². The minimum atomic E-state index is 1.38. The Morgan fingerprint density at radius 3 is 1.90 bits per heavy atom. The first-order valence-electron chi connectivity index (χ1n) is 2.79. The normalized spacial score (nSPS) is 8.00. The zero-order chi connectivity index (χ0) is 7.07. The van der Waals surface area contributed by atoms with Crippen LogP contribution in [0.1, 0.15) is 0 Å². The maximum absolute atomic E-state index is 4.58. The van der Waals surface area contributed by atoms with Gasteiger partial charge in [-0.3, -0.25) is 0 Å². The second-order valence-electron chi connectivity index (χ2n) is 1.47. The summed E-state index contributed by atoms with van der Waals surface area (Å²) < 4.78 is 9.06. The third-order valence-corrected chi connectivity index (χ3v) is 0.773. The summed E-state index contributed by atoms with van der Waals surface area (Å²) in [6.07, 6.45) is 7.72. The van der Waals surface area contributed by atoms with E-state index in [-0.39, 0.29) is 0 Å². The fourth-order valence-corrected chi connectivity index (χ4v) is 0.402. The Hall–Kier alpha value is -1.51. The van der Waals surface area contributed by atoms with Gasteiger partial charge < -0.3 is 8.83 Å². The lowest BCUT2D eigenvalue weighted by Gasteiger charge is -1.50. The van der Waals surface area contributed by atoms with Crippen LogP contribution in [0.15, 0.2) is 52.3 Å². The van der Waals surface area contributed by atoms with Crippen LogP contribution in [0.3, 0.4) is 0 Å². The Balaban J connectivity index is 0.0000001000. The number of rotatable bonds is 0. The summed E-state index contributed by atoms with van der Waals surface area (Å²) in [4.78, 5) is 3.56. The topological polar surface area (TPSA) is 39.2 Å². The van der Waals surface area contributed by atoms with E-state index < -0.39 is 0 Å². The molecule has 2 aromatic rings. The van der Waals surface area contributed by atoms with Crippen molar-refractivity contribution in [1.82, 2.24) is 4.98 Å². The van der Waals surface area contributed by atoms with Gasteiger partial charge in [-0.05, 0) is 12.1 Å². The molecule has 0 radical (unpaired) electrons. The molecule has 0 saturated carbocycles. The Bertz CT molecular complexity index is 151. The molecule has 0 fully saturated rings. The van der Waals surface area contributed by atoms with Crippen molar-refractivity contribution < 1.29 is 8.83 Å². The van der Waals surface area contributed by atoms with E-state index in [0.29, 0.717) is 0 Å². The van der Waals surface area contributed by atoms with Crippen LogP contribution in [0.25, 0.3) is 0 Å². The third kappa shape index (κ3) is 2.71. The molecule has 0 spiro atoms. The Labute approximate surface area is 58.3 Å². The van der Waals surface area contributed by atoms with Crippen molar-refractivity contribution in [2.45, 2.75) is 0 Å². The maximum Gasteiger partial charge on any atom is 0.180 e. The molecule has 2 aromatic heterocycles. The quantitative estimate of drug-likeness (QED) is 0.557. The molecule has 0 unspecified atom stereocenters. The van der Waals surface area contributed by atoms with Crippen molar-refractivity contribution in [3.05, 3.63) is 43.5 Å². The molecule has 0 saturated heterocycles. The molecule has 0 aliphatic rings. The minimum Gasteiger partial charge on any atom is -0.473 e. The van der Waals surface area contributed by atoms with Crippen molar-refractivity contribution in [2.24, 2.45) is 0 Å². The zero-order valence-electron chi connectivity index (χ0n) is 5.31. The average Bonchev–Trinajstić information content (AvgIpc) is 2.67. The molecule has 2 heterocycles. The highest BCUT2D eigenvalue weighted by Crippen LogP contribution is 1.79. The Morgan fingerprint density at radius 2 is 1.70 bits per heavy atom. The predicted octanol–water partition coefficient (Wildman–Crippen LogP) is 1.95. The summed E-state index contributed by atoms with van der Waals surface area (Å²) in [5, 5.41) is 0. The van der Waals surface area contributed by atoms with Gasteiger partial charge in [0.15, 0.2) is 6.39 Å². The first kappa shape index (κ1) is 6.61. The van der Waals surface area contributed by atoms with Gasteiger partial charge >= 0.3 is 0 Å². The van der Waals surface area contributed by atoms with Crippen LogP contribution in [0.4, 0.5) is 0 Å². The molecule has 0 aromatic carbocycles. The molecular weight excluding hydrogens is 130 g/mol. The molecule has 0 atom stereocenters. The van der Waals surface area contributed by atoms with Crippen molar-refractivity contribution in [1.29, 1.82) is 0 Å². The summed E-state index contributed by atoms with van der Waals surface area (Å²) in [5.41, 5.74) is 0. The van der Waals surface area contributed by atoms with Crippen LogP contribution < -0.4 is 0 Å². The van der Waals surface area contributed by atoms with Gasteiger partial charge in [0.05, 0.1) is 18.7 Å². The van der Waals surface area contributed by atoms with Crippen molar-refractivity contribution >= 4 is 0 Å². The summed E-state index contributed by atoms with van der Waals surface area (Å²) in [6, 6.07) is 3.67. The lowest BCUT2D eigenvalue weighted by molar-refractivity contribution is 0.558. The maximum atomic E-state index is 4.58. The average molecular weight is 137 g/mol. The highest BCUT2D eigenvalue weighted by Gasteiger charge is 1.59. The molecule has 0 aliphatic carbocycles. The monoisotopic (exact) mass is 137 g/mol. The highest BCUT2D eigenvalue weighted by atomic mass is 16.3. The van der Waals surface area contributed by atoms with E-state index in [1.54, 1.807) is 18.7 Å². The van der Waals surface area contributed by atoms with E-state index in [9.17, 15) is 0 Å². The zero-order valence-corrected chi connectivity index (χ0v) is 5.31. The SMILES string of the molecule is c1ccoc1.c1cocn1. The first-order chi connectivity index (χ1) is 5.00. The molecule has 3 nitrogen and oxygen atoms in total. The molecule has 0 N–H and O–H groups in total. The van der Waals surface area contributed by atoms with Gasteiger partial charge in [0.2, 0.25) is 0 Å². The molecule has 0 bridgehead atoms. The lowest BCUT2D eigenvalue weighted by Crippen LogP contribution is -1.38. The van der Waals surface area contributed by atoms with Crippen LogP contribution in [0, 0.1) is 0 Å². The number of hydrogen-bond donors (Lipinski definition) is 0. The molecular formula is C7H7NO2. The van der Waals surface area contributed by atoms with Crippen LogP contribution in [-0.4, -0.2) is 4.98 Å². The molecule has 0 amide bonds. The summed E-state index contributed by atoms with van der Waals surface area (Å²) in [6.45, 7) is 0. The van der Waals surface area contributed by atoms with Crippen molar-refractivity contribution in [3.8, 4) is 0 Å². The lowest BCUT2D eigenvalue weighted by atomic mass is 10.7. The smallest absolute Gasteiger partial charge is 0.180 e. The summed E-state index contributed by atoms with van der Waals surface area (Å²) >= 11 is 0. The summed E-state index contributed by atoms with van der Waals surface area (Å²) in [7, 11) is 0. The van der Waals surface area contributed by atoms with Crippen LogP contribution >= 0.6 is 0 Å². The Kier molecular flexibility index (Phi) is 2.89. The highest BCUT2D eigenvalue weighted by molar-refractivity contribution is 4.79. The number of nitrogens with zero attached hydrogens (tertiary/aromatic N) is 1. The van der Waals surface area contributed by atoms with E-state index in [1.165, 1.54) is 12.7 Å². The third-order valence-electron chi connectivity index (χ3n) is 0.773. The summed E-state index contributed by atoms with van der Waals surface area (Å²) in [5.74, 6) is 0. The van der Waals surface area contributed by atoms with Crippen molar-refractivity contribution in [2.75, 3.05) is 0 Å². The van der Waals surface area contributed by atoms with Gasteiger partial charge in [0.1, 0.15) is 6.26 Å². The molecule has 52 valence electrons. The van der Waals surface area contributed by atoms with Crippen molar-refractivity contribution in [3.63, 3.8) is 0 Å². The first-order valence-corrected chi connectivity index (χ1v) is 2.79. The fraction of sp³-hybridized carbons (Fsp3) is 0. The molecule has 10 heavy (non-hydrogen) atoms. The van der Waals surface area contributed by atoms with Gasteiger partial charge in [-0.2, -0.15) is 0 Å². The van der Waals surface area contributed by atoms with Crippen LogP contribution in [0.5, 0.6) is 0 Å².